The Hall–Kier alpha value is -0.140. The van der Waals surface area contributed by atoms with Gasteiger partial charge in [0.1, 0.15) is 0 Å². The molecule has 0 spiro atoms. The van der Waals surface area contributed by atoms with Crippen molar-refractivity contribution in [2.24, 2.45) is 0 Å². The van der Waals surface area contributed by atoms with E-state index < -0.39 is 18.5 Å². The van der Waals surface area contributed by atoms with Gasteiger partial charge in [-0.1, -0.05) is 0 Å². The van der Waals surface area contributed by atoms with Gasteiger partial charge in [-0.05, 0) is 28.1 Å². The van der Waals surface area contributed by atoms with Crippen molar-refractivity contribution >= 4 is 27.3 Å². The molecule has 0 amide bonds. The molecule has 0 aliphatic carbocycles. The number of hydrogen-bond donors (Lipinski definition) is 1. The van der Waals surface area contributed by atoms with Crippen molar-refractivity contribution in [3.05, 3.63) is 20.8 Å². The van der Waals surface area contributed by atoms with Gasteiger partial charge in [0.05, 0.1) is 3.79 Å². The molecule has 1 rings (SSSR count). The Balaban J connectivity index is 2.89. The summed E-state index contributed by atoms with van der Waals surface area (Å²) in [6.07, 6.45) is -6.34. The first-order chi connectivity index (χ1) is 6.35. The summed E-state index contributed by atoms with van der Waals surface area (Å²) >= 11 is 3.77. The third-order valence-corrected chi connectivity index (χ3v) is 3.20. The van der Waals surface area contributed by atoms with Gasteiger partial charge in [0, 0.05) is 4.88 Å². The first-order valence-electron chi connectivity index (χ1n) is 3.45. The van der Waals surface area contributed by atoms with Crippen LogP contribution in [0.5, 0.6) is 0 Å². The maximum Gasteiger partial charge on any atom is 0.337 e. The SMILES string of the molecule is OC(c1ccc(Br)s1)C(F)(F)C(F)F. The molecule has 1 unspecified atom stereocenters. The minimum atomic E-state index is -4.41. The molecule has 0 saturated heterocycles. The van der Waals surface area contributed by atoms with Crippen LogP contribution in [0.2, 0.25) is 0 Å². The van der Waals surface area contributed by atoms with E-state index in [4.69, 9.17) is 5.11 Å². The topological polar surface area (TPSA) is 20.2 Å². The summed E-state index contributed by atoms with van der Waals surface area (Å²) in [6, 6.07) is 2.58. The summed E-state index contributed by atoms with van der Waals surface area (Å²) in [5.41, 5.74) is 0. The predicted octanol–water partition coefficient (Wildman–Crippen LogP) is 3.44. The zero-order chi connectivity index (χ0) is 10.9. The van der Waals surface area contributed by atoms with Crippen molar-refractivity contribution in [3.8, 4) is 0 Å². The van der Waals surface area contributed by atoms with E-state index in [0.29, 0.717) is 3.79 Å². The molecular weight excluding hydrogens is 288 g/mol. The quantitative estimate of drug-likeness (QED) is 0.846. The molecule has 80 valence electrons. The molecule has 1 aromatic rings. The Morgan fingerprint density at radius 3 is 2.29 bits per heavy atom. The zero-order valence-corrected chi connectivity index (χ0v) is 8.96. The van der Waals surface area contributed by atoms with Crippen LogP contribution < -0.4 is 0 Å². The molecule has 0 bridgehead atoms. The summed E-state index contributed by atoms with van der Waals surface area (Å²) in [5, 5.41) is 8.99. The molecule has 1 nitrogen and oxygen atoms in total. The smallest absolute Gasteiger partial charge is 0.337 e. The highest BCUT2D eigenvalue weighted by molar-refractivity contribution is 9.11. The van der Waals surface area contributed by atoms with Crippen molar-refractivity contribution < 1.29 is 22.7 Å². The molecule has 0 aliphatic heterocycles. The van der Waals surface area contributed by atoms with Gasteiger partial charge in [0.25, 0.3) is 0 Å². The van der Waals surface area contributed by atoms with Gasteiger partial charge in [-0.2, -0.15) is 8.78 Å². The van der Waals surface area contributed by atoms with E-state index in [1.165, 1.54) is 12.1 Å². The summed E-state index contributed by atoms with van der Waals surface area (Å²) < 4.78 is 49.4. The number of alkyl halides is 4. The van der Waals surface area contributed by atoms with Crippen LogP contribution in [0.25, 0.3) is 0 Å². The van der Waals surface area contributed by atoms with Gasteiger partial charge in [0.2, 0.25) is 0 Å². The van der Waals surface area contributed by atoms with Crippen LogP contribution in [0.1, 0.15) is 11.0 Å². The highest BCUT2D eigenvalue weighted by Gasteiger charge is 2.49. The number of hydrogen-bond acceptors (Lipinski definition) is 2. The Morgan fingerprint density at radius 1 is 1.36 bits per heavy atom. The van der Waals surface area contributed by atoms with Gasteiger partial charge in [-0.3, -0.25) is 0 Å². The lowest BCUT2D eigenvalue weighted by atomic mass is 10.1. The second-order valence-corrected chi connectivity index (χ2v) is 5.01. The molecule has 1 atom stereocenters. The second kappa shape index (κ2) is 4.16. The van der Waals surface area contributed by atoms with Gasteiger partial charge in [0.15, 0.2) is 6.10 Å². The van der Waals surface area contributed by atoms with Gasteiger partial charge in [-0.15, -0.1) is 11.3 Å². The maximum atomic E-state index is 12.6. The molecule has 0 radical (unpaired) electrons. The highest BCUT2D eigenvalue weighted by atomic mass is 79.9. The van der Waals surface area contributed by atoms with E-state index in [2.05, 4.69) is 15.9 Å². The monoisotopic (exact) mass is 292 g/mol. The largest absolute Gasteiger partial charge is 0.381 e. The molecule has 0 fully saturated rings. The average Bonchev–Trinajstić information content (AvgIpc) is 2.50. The Bertz CT molecular complexity index is 314. The fraction of sp³-hybridized carbons (Fsp3) is 0.429. The fourth-order valence-electron chi connectivity index (χ4n) is 0.784. The third-order valence-electron chi connectivity index (χ3n) is 1.52. The van der Waals surface area contributed by atoms with Crippen LogP contribution in [0.4, 0.5) is 17.6 Å². The van der Waals surface area contributed by atoms with E-state index in [1.54, 1.807) is 0 Å². The molecule has 0 aromatic carbocycles. The number of thiophene rings is 1. The minimum absolute atomic E-state index is 0.192. The Labute approximate surface area is 89.5 Å². The van der Waals surface area contributed by atoms with E-state index in [-0.39, 0.29) is 4.88 Å². The van der Waals surface area contributed by atoms with E-state index in [0.717, 1.165) is 11.3 Å². The van der Waals surface area contributed by atoms with Crippen LogP contribution in [-0.2, 0) is 0 Å². The number of aliphatic hydroxyl groups excluding tert-OH is 1. The van der Waals surface area contributed by atoms with Crippen LogP contribution in [-0.4, -0.2) is 17.5 Å². The number of halogens is 5. The van der Waals surface area contributed by atoms with Crippen LogP contribution in [0.15, 0.2) is 15.9 Å². The lowest BCUT2D eigenvalue weighted by molar-refractivity contribution is -0.192. The lowest BCUT2D eigenvalue weighted by Gasteiger charge is -2.20. The Kier molecular flexibility index (Phi) is 3.54. The zero-order valence-electron chi connectivity index (χ0n) is 6.55. The minimum Gasteiger partial charge on any atom is -0.381 e. The average molecular weight is 293 g/mol. The van der Waals surface area contributed by atoms with Crippen molar-refractivity contribution in [2.75, 3.05) is 0 Å². The summed E-state index contributed by atoms with van der Waals surface area (Å²) in [5.74, 6) is -4.41. The number of aliphatic hydroxyl groups is 1. The van der Waals surface area contributed by atoms with E-state index in [9.17, 15) is 17.6 Å². The number of rotatable bonds is 3. The first-order valence-corrected chi connectivity index (χ1v) is 5.06. The summed E-state index contributed by atoms with van der Waals surface area (Å²) in [7, 11) is 0. The van der Waals surface area contributed by atoms with Gasteiger partial charge in [-0.25, -0.2) is 8.78 Å². The normalized spacial score (nSPS) is 14.8. The molecule has 7 heteroatoms. The highest BCUT2D eigenvalue weighted by Crippen LogP contribution is 2.39. The van der Waals surface area contributed by atoms with Crippen molar-refractivity contribution in [1.29, 1.82) is 0 Å². The van der Waals surface area contributed by atoms with Gasteiger partial charge >= 0.3 is 12.3 Å². The van der Waals surface area contributed by atoms with E-state index in [1.807, 2.05) is 0 Å². The lowest BCUT2D eigenvalue weighted by Crippen LogP contribution is -2.33. The van der Waals surface area contributed by atoms with Crippen molar-refractivity contribution in [1.82, 2.24) is 0 Å². The molecule has 14 heavy (non-hydrogen) atoms. The first kappa shape index (κ1) is 11.9. The Morgan fingerprint density at radius 2 is 1.93 bits per heavy atom. The molecule has 1 aromatic heterocycles. The molecule has 1 N–H and O–H groups in total. The van der Waals surface area contributed by atoms with Crippen LogP contribution >= 0.6 is 27.3 Å². The molecular formula is C7H5BrF4OS. The summed E-state index contributed by atoms with van der Waals surface area (Å²) in [4.78, 5) is -0.192. The summed E-state index contributed by atoms with van der Waals surface area (Å²) in [6.45, 7) is 0. The van der Waals surface area contributed by atoms with Gasteiger partial charge < -0.3 is 5.11 Å². The standard InChI is InChI=1S/C7H5BrF4OS/c8-4-2-1-3(14-4)5(13)7(11,12)6(9)10/h1-2,5-6,13H. The third kappa shape index (κ3) is 2.26. The van der Waals surface area contributed by atoms with Crippen molar-refractivity contribution in [3.63, 3.8) is 0 Å². The van der Waals surface area contributed by atoms with Crippen LogP contribution in [0, 0.1) is 0 Å². The molecule has 1 heterocycles. The van der Waals surface area contributed by atoms with E-state index >= 15 is 0 Å². The second-order valence-electron chi connectivity index (χ2n) is 2.52. The fourth-order valence-corrected chi connectivity index (χ4v) is 2.24. The molecule has 0 saturated carbocycles. The van der Waals surface area contributed by atoms with Crippen molar-refractivity contribution in [2.45, 2.75) is 18.5 Å². The predicted molar refractivity (Wildman–Crippen MR) is 47.9 cm³/mol. The van der Waals surface area contributed by atoms with Crippen LogP contribution in [0.3, 0.4) is 0 Å². The maximum absolute atomic E-state index is 12.6. The molecule has 0 aliphatic rings.